The van der Waals surface area contributed by atoms with Gasteiger partial charge in [0.25, 0.3) is 0 Å². The van der Waals surface area contributed by atoms with Crippen LogP contribution in [0.3, 0.4) is 0 Å². The Bertz CT molecular complexity index is 514. The van der Waals surface area contributed by atoms with Gasteiger partial charge in [0, 0.05) is 7.05 Å². The number of carbonyl (C=O) groups is 2. The standard InChI is InChI=1S/C14H16F3NO3/c1-3-21-13(20)9-18(2)12(19)8-10-5-4-6-11(7-10)14(15,16)17/h4-7H,3,8-9H2,1-2H3. The van der Waals surface area contributed by atoms with Gasteiger partial charge < -0.3 is 9.64 Å². The summed E-state index contributed by atoms with van der Waals surface area (Å²) in [6.07, 6.45) is -4.66. The predicted molar refractivity (Wildman–Crippen MR) is 69.4 cm³/mol. The van der Waals surface area contributed by atoms with E-state index in [2.05, 4.69) is 0 Å². The highest BCUT2D eigenvalue weighted by Gasteiger charge is 2.30. The van der Waals surface area contributed by atoms with Crippen LogP contribution in [0.25, 0.3) is 0 Å². The smallest absolute Gasteiger partial charge is 0.416 e. The number of nitrogens with zero attached hydrogens (tertiary/aromatic N) is 1. The van der Waals surface area contributed by atoms with Gasteiger partial charge in [0.1, 0.15) is 6.54 Å². The highest BCUT2D eigenvalue weighted by atomic mass is 19.4. The summed E-state index contributed by atoms with van der Waals surface area (Å²) >= 11 is 0. The first-order valence-electron chi connectivity index (χ1n) is 6.29. The van der Waals surface area contributed by atoms with E-state index in [0.29, 0.717) is 0 Å². The molecule has 0 saturated carbocycles. The Kier molecular flexibility index (Phi) is 5.75. The maximum atomic E-state index is 12.6. The van der Waals surface area contributed by atoms with E-state index in [1.54, 1.807) is 6.92 Å². The third kappa shape index (κ3) is 5.45. The van der Waals surface area contributed by atoms with E-state index in [4.69, 9.17) is 4.74 Å². The van der Waals surface area contributed by atoms with E-state index in [0.717, 1.165) is 17.0 Å². The molecular formula is C14H16F3NO3. The van der Waals surface area contributed by atoms with Crippen molar-refractivity contribution in [3.63, 3.8) is 0 Å². The lowest BCUT2D eigenvalue weighted by atomic mass is 10.1. The molecule has 0 fully saturated rings. The SMILES string of the molecule is CCOC(=O)CN(C)C(=O)Cc1cccc(C(F)(F)F)c1. The van der Waals surface area contributed by atoms with Crippen LogP contribution in [0.5, 0.6) is 0 Å². The van der Waals surface area contributed by atoms with Crippen molar-refractivity contribution in [3.8, 4) is 0 Å². The van der Waals surface area contributed by atoms with Crippen LogP contribution in [0.1, 0.15) is 18.1 Å². The summed E-state index contributed by atoms with van der Waals surface area (Å²) in [4.78, 5) is 24.2. The number of likely N-dealkylation sites (N-methyl/N-ethyl adjacent to an activating group) is 1. The second-order valence-electron chi connectivity index (χ2n) is 4.43. The first-order valence-corrected chi connectivity index (χ1v) is 6.29. The second-order valence-corrected chi connectivity index (χ2v) is 4.43. The average molecular weight is 303 g/mol. The van der Waals surface area contributed by atoms with Gasteiger partial charge in [-0.1, -0.05) is 18.2 Å². The molecule has 0 heterocycles. The van der Waals surface area contributed by atoms with Crippen molar-refractivity contribution in [1.29, 1.82) is 0 Å². The maximum Gasteiger partial charge on any atom is 0.416 e. The quantitative estimate of drug-likeness (QED) is 0.784. The van der Waals surface area contributed by atoms with Gasteiger partial charge in [0.15, 0.2) is 0 Å². The fourth-order valence-electron chi connectivity index (χ4n) is 1.66. The van der Waals surface area contributed by atoms with E-state index in [9.17, 15) is 22.8 Å². The van der Waals surface area contributed by atoms with Crippen molar-refractivity contribution in [1.82, 2.24) is 4.90 Å². The fraction of sp³-hybridized carbons (Fsp3) is 0.429. The Morgan fingerprint density at radius 2 is 1.95 bits per heavy atom. The molecule has 0 spiro atoms. The van der Waals surface area contributed by atoms with Gasteiger partial charge in [-0.3, -0.25) is 9.59 Å². The Hall–Kier alpha value is -2.05. The summed E-state index contributed by atoms with van der Waals surface area (Å²) in [7, 11) is 1.40. The molecule has 1 aromatic carbocycles. The van der Waals surface area contributed by atoms with Crippen molar-refractivity contribution < 1.29 is 27.5 Å². The van der Waals surface area contributed by atoms with E-state index in [-0.39, 0.29) is 25.1 Å². The number of carbonyl (C=O) groups excluding carboxylic acids is 2. The molecule has 0 aliphatic rings. The summed E-state index contributed by atoms with van der Waals surface area (Å²) in [5.74, 6) is -1.01. The van der Waals surface area contributed by atoms with Gasteiger partial charge in [0.05, 0.1) is 18.6 Å². The van der Waals surface area contributed by atoms with E-state index in [1.165, 1.54) is 19.2 Å². The normalized spacial score (nSPS) is 11.1. The molecule has 0 atom stereocenters. The van der Waals surface area contributed by atoms with Gasteiger partial charge in [-0.15, -0.1) is 0 Å². The molecule has 0 aliphatic heterocycles. The summed E-state index contributed by atoms with van der Waals surface area (Å²) < 4.78 is 42.4. The molecule has 0 bridgehead atoms. The number of amides is 1. The van der Waals surface area contributed by atoms with Crippen LogP contribution < -0.4 is 0 Å². The molecule has 116 valence electrons. The van der Waals surface area contributed by atoms with Crippen LogP contribution in [0, 0.1) is 0 Å². The molecule has 0 aromatic heterocycles. The summed E-state index contributed by atoms with van der Waals surface area (Å²) in [6.45, 7) is 1.61. The molecule has 0 unspecified atom stereocenters. The maximum absolute atomic E-state index is 12.6. The number of esters is 1. The Labute approximate surface area is 120 Å². The van der Waals surface area contributed by atoms with Gasteiger partial charge in [0.2, 0.25) is 5.91 Å². The predicted octanol–water partition coefficient (Wildman–Crippen LogP) is 2.27. The van der Waals surface area contributed by atoms with Crippen molar-refractivity contribution in [3.05, 3.63) is 35.4 Å². The van der Waals surface area contributed by atoms with E-state index in [1.807, 2.05) is 0 Å². The van der Waals surface area contributed by atoms with Gasteiger partial charge >= 0.3 is 12.1 Å². The topological polar surface area (TPSA) is 46.6 Å². The highest BCUT2D eigenvalue weighted by Crippen LogP contribution is 2.29. The molecule has 0 radical (unpaired) electrons. The molecule has 0 saturated heterocycles. The first kappa shape index (κ1) is 17.0. The lowest BCUT2D eigenvalue weighted by Gasteiger charge is -2.16. The lowest BCUT2D eigenvalue weighted by Crippen LogP contribution is -2.34. The first-order chi connectivity index (χ1) is 9.74. The third-order valence-electron chi connectivity index (χ3n) is 2.71. The average Bonchev–Trinajstić information content (AvgIpc) is 2.38. The minimum absolute atomic E-state index is 0.203. The van der Waals surface area contributed by atoms with Crippen LogP contribution in [0.15, 0.2) is 24.3 Å². The van der Waals surface area contributed by atoms with Crippen molar-refractivity contribution in [2.75, 3.05) is 20.2 Å². The number of hydrogen-bond acceptors (Lipinski definition) is 3. The van der Waals surface area contributed by atoms with E-state index >= 15 is 0 Å². The number of hydrogen-bond donors (Lipinski definition) is 0. The lowest BCUT2D eigenvalue weighted by molar-refractivity contribution is -0.147. The van der Waals surface area contributed by atoms with Gasteiger partial charge in [-0.2, -0.15) is 13.2 Å². The number of rotatable bonds is 5. The number of ether oxygens (including phenoxy) is 1. The highest BCUT2D eigenvalue weighted by molar-refractivity contribution is 5.83. The van der Waals surface area contributed by atoms with Crippen LogP contribution in [0.2, 0.25) is 0 Å². The molecular weight excluding hydrogens is 287 g/mol. The number of alkyl halides is 3. The van der Waals surface area contributed by atoms with Gasteiger partial charge in [-0.25, -0.2) is 0 Å². The van der Waals surface area contributed by atoms with E-state index < -0.39 is 23.6 Å². The minimum atomic E-state index is -4.45. The molecule has 7 heteroatoms. The molecule has 21 heavy (non-hydrogen) atoms. The minimum Gasteiger partial charge on any atom is -0.465 e. The number of benzene rings is 1. The van der Waals surface area contributed by atoms with Crippen LogP contribution >= 0.6 is 0 Å². The molecule has 1 amide bonds. The zero-order valence-corrected chi connectivity index (χ0v) is 11.7. The molecule has 0 N–H and O–H groups in total. The van der Waals surface area contributed by atoms with Crippen molar-refractivity contribution >= 4 is 11.9 Å². The summed E-state index contributed by atoms with van der Waals surface area (Å²) in [6, 6.07) is 4.55. The van der Waals surface area contributed by atoms with Crippen LogP contribution in [-0.2, 0) is 26.9 Å². The summed E-state index contributed by atoms with van der Waals surface area (Å²) in [5, 5.41) is 0. The monoisotopic (exact) mass is 303 g/mol. The third-order valence-corrected chi connectivity index (χ3v) is 2.71. The summed E-state index contributed by atoms with van der Waals surface area (Å²) in [5.41, 5.74) is -0.564. The molecule has 4 nitrogen and oxygen atoms in total. The number of halogens is 3. The fourth-order valence-corrected chi connectivity index (χ4v) is 1.66. The molecule has 1 rings (SSSR count). The van der Waals surface area contributed by atoms with Crippen LogP contribution in [-0.4, -0.2) is 37.0 Å². The largest absolute Gasteiger partial charge is 0.465 e. The zero-order valence-electron chi connectivity index (χ0n) is 11.7. The Balaban J connectivity index is 2.68. The zero-order chi connectivity index (χ0) is 16.0. The Morgan fingerprint density at radius 1 is 1.29 bits per heavy atom. The van der Waals surface area contributed by atoms with Gasteiger partial charge in [-0.05, 0) is 18.6 Å². The van der Waals surface area contributed by atoms with Crippen LogP contribution in [0.4, 0.5) is 13.2 Å². The van der Waals surface area contributed by atoms with Crippen molar-refractivity contribution in [2.45, 2.75) is 19.5 Å². The Morgan fingerprint density at radius 3 is 2.52 bits per heavy atom. The molecule has 1 aromatic rings. The second kappa shape index (κ2) is 7.10. The van der Waals surface area contributed by atoms with Crippen molar-refractivity contribution in [2.24, 2.45) is 0 Å². The molecule has 0 aliphatic carbocycles.